The van der Waals surface area contributed by atoms with Crippen LogP contribution < -0.4 is 14.8 Å². The zero-order chi connectivity index (χ0) is 19.6. The van der Waals surface area contributed by atoms with Crippen LogP contribution in [0.2, 0.25) is 0 Å². The van der Waals surface area contributed by atoms with Gasteiger partial charge in [-0.15, -0.1) is 11.8 Å². The number of carbonyl (C=O) groups is 1. The topological polar surface area (TPSA) is 47.6 Å². The Morgan fingerprint density at radius 2 is 1.85 bits per heavy atom. The number of halogens is 2. The molecule has 0 aliphatic heterocycles. The van der Waals surface area contributed by atoms with Gasteiger partial charge in [-0.05, 0) is 36.6 Å². The number of thioether (sulfide) groups is 1. The molecule has 0 saturated carbocycles. The minimum Gasteiger partial charge on any atom is -0.493 e. The third kappa shape index (κ3) is 7.09. The fourth-order valence-corrected chi connectivity index (χ4v) is 3.28. The first-order valence-corrected chi connectivity index (χ1v) is 9.59. The monoisotopic (exact) mass is 395 g/mol. The fraction of sp³-hybridized carbons (Fsp3) is 0.350. The summed E-state index contributed by atoms with van der Waals surface area (Å²) in [5, 5.41) is 2.69. The average molecular weight is 395 g/mol. The smallest absolute Gasteiger partial charge is 0.387 e. The Balaban J connectivity index is 1.80. The van der Waals surface area contributed by atoms with Crippen molar-refractivity contribution in [2.75, 3.05) is 13.7 Å². The molecule has 0 aliphatic carbocycles. The van der Waals surface area contributed by atoms with Gasteiger partial charge in [-0.2, -0.15) is 8.78 Å². The summed E-state index contributed by atoms with van der Waals surface area (Å²) in [5.74, 6) is 0.952. The van der Waals surface area contributed by atoms with E-state index in [-0.39, 0.29) is 22.7 Å². The Labute approximate surface area is 162 Å². The molecule has 0 heterocycles. The van der Waals surface area contributed by atoms with Crippen molar-refractivity contribution in [3.63, 3.8) is 0 Å². The molecule has 0 radical (unpaired) electrons. The SMILES string of the molecule is COc1ccc(CCNC(=O)C(C)SCc2ccccc2)cc1OC(F)F. The molecular formula is C20H23F2NO3S. The minimum absolute atomic E-state index is 0.0110. The van der Waals surface area contributed by atoms with Gasteiger partial charge in [-0.3, -0.25) is 4.79 Å². The van der Waals surface area contributed by atoms with Gasteiger partial charge in [-0.25, -0.2) is 0 Å². The van der Waals surface area contributed by atoms with Crippen molar-refractivity contribution in [3.8, 4) is 11.5 Å². The van der Waals surface area contributed by atoms with E-state index in [4.69, 9.17) is 4.74 Å². The quantitative estimate of drug-likeness (QED) is 0.652. The molecule has 0 fully saturated rings. The van der Waals surface area contributed by atoms with Gasteiger partial charge in [0.05, 0.1) is 12.4 Å². The maximum atomic E-state index is 12.5. The van der Waals surface area contributed by atoms with Crippen LogP contribution in [0.1, 0.15) is 18.1 Å². The third-order valence-corrected chi connectivity index (χ3v) is 5.08. The number of hydrogen-bond donors (Lipinski definition) is 1. The Hall–Kier alpha value is -2.28. The van der Waals surface area contributed by atoms with Crippen molar-refractivity contribution in [1.82, 2.24) is 5.32 Å². The molecule has 1 amide bonds. The lowest BCUT2D eigenvalue weighted by molar-refractivity contribution is -0.120. The number of amides is 1. The highest BCUT2D eigenvalue weighted by Gasteiger charge is 2.14. The second-order valence-electron chi connectivity index (χ2n) is 5.84. The van der Waals surface area contributed by atoms with Crippen molar-refractivity contribution in [1.29, 1.82) is 0 Å². The number of carbonyl (C=O) groups excluding carboxylic acids is 1. The van der Waals surface area contributed by atoms with Gasteiger partial charge in [0.2, 0.25) is 5.91 Å². The molecule has 0 bridgehead atoms. The molecule has 27 heavy (non-hydrogen) atoms. The first-order chi connectivity index (χ1) is 13.0. The van der Waals surface area contributed by atoms with E-state index in [0.29, 0.717) is 13.0 Å². The maximum Gasteiger partial charge on any atom is 0.387 e. The zero-order valence-corrected chi connectivity index (χ0v) is 16.1. The van der Waals surface area contributed by atoms with Crippen LogP contribution in [0.25, 0.3) is 0 Å². The van der Waals surface area contributed by atoms with E-state index in [9.17, 15) is 13.6 Å². The summed E-state index contributed by atoms with van der Waals surface area (Å²) in [6.45, 7) is -0.642. The van der Waals surface area contributed by atoms with Crippen LogP contribution in [0.15, 0.2) is 48.5 Å². The molecule has 1 N–H and O–H groups in total. The fourth-order valence-electron chi connectivity index (χ4n) is 2.41. The molecule has 2 rings (SSSR count). The number of rotatable bonds is 10. The van der Waals surface area contributed by atoms with Gasteiger partial charge in [0, 0.05) is 12.3 Å². The number of nitrogens with one attached hydrogen (secondary N) is 1. The molecule has 4 nitrogen and oxygen atoms in total. The predicted molar refractivity (Wildman–Crippen MR) is 104 cm³/mol. The van der Waals surface area contributed by atoms with Crippen LogP contribution >= 0.6 is 11.8 Å². The standard InChI is InChI=1S/C20H23F2NO3S/c1-14(27-13-16-6-4-3-5-7-16)19(24)23-11-10-15-8-9-17(25-2)18(12-15)26-20(21)22/h3-9,12,14,20H,10-11,13H2,1-2H3,(H,23,24). The summed E-state index contributed by atoms with van der Waals surface area (Å²) >= 11 is 1.57. The molecule has 0 aliphatic rings. The second kappa shape index (κ2) is 10.8. The highest BCUT2D eigenvalue weighted by atomic mass is 32.2. The summed E-state index contributed by atoms with van der Waals surface area (Å²) in [7, 11) is 1.39. The van der Waals surface area contributed by atoms with Crippen molar-refractivity contribution >= 4 is 17.7 Å². The van der Waals surface area contributed by atoms with Crippen molar-refractivity contribution in [3.05, 3.63) is 59.7 Å². The maximum absolute atomic E-state index is 12.5. The van der Waals surface area contributed by atoms with Crippen LogP contribution in [0.3, 0.4) is 0 Å². The van der Waals surface area contributed by atoms with Gasteiger partial charge in [-0.1, -0.05) is 36.4 Å². The van der Waals surface area contributed by atoms with E-state index in [1.54, 1.807) is 23.9 Å². The average Bonchev–Trinajstić information content (AvgIpc) is 2.66. The summed E-state index contributed by atoms with van der Waals surface area (Å²) in [6, 6.07) is 14.8. The summed E-state index contributed by atoms with van der Waals surface area (Å²) in [4.78, 5) is 12.2. The number of alkyl halides is 2. The largest absolute Gasteiger partial charge is 0.493 e. The van der Waals surface area contributed by atoms with E-state index in [2.05, 4.69) is 10.1 Å². The molecular weight excluding hydrogens is 372 g/mol. The second-order valence-corrected chi connectivity index (χ2v) is 7.17. The summed E-state index contributed by atoms with van der Waals surface area (Å²) in [6.07, 6.45) is 0.505. The van der Waals surface area contributed by atoms with Crippen LogP contribution in [-0.2, 0) is 17.0 Å². The molecule has 1 unspecified atom stereocenters. The lowest BCUT2D eigenvalue weighted by Crippen LogP contribution is -2.32. The zero-order valence-electron chi connectivity index (χ0n) is 15.3. The highest BCUT2D eigenvalue weighted by molar-refractivity contribution is 7.99. The minimum atomic E-state index is -2.92. The van der Waals surface area contributed by atoms with Gasteiger partial charge >= 0.3 is 6.61 Å². The molecule has 2 aromatic rings. The molecule has 1 atom stereocenters. The van der Waals surface area contributed by atoms with Gasteiger partial charge in [0.15, 0.2) is 11.5 Å². The summed E-state index contributed by atoms with van der Waals surface area (Å²) < 4.78 is 34.4. The van der Waals surface area contributed by atoms with Crippen LogP contribution in [-0.4, -0.2) is 31.4 Å². The van der Waals surface area contributed by atoms with E-state index in [1.807, 2.05) is 37.3 Å². The van der Waals surface area contributed by atoms with Crippen LogP contribution in [0.4, 0.5) is 8.78 Å². The first kappa shape index (κ1) is 21.0. The Bertz CT molecular complexity index is 728. The van der Waals surface area contributed by atoms with Crippen molar-refractivity contribution in [2.24, 2.45) is 0 Å². The molecule has 146 valence electrons. The summed E-state index contributed by atoms with van der Waals surface area (Å²) in [5.41, 5.74) is 1.95. The van der Waals surface area contributed by atoms with E-state index in [0.717, 1.165) is 11.3 Å². The number of ether oxygens (including phenoxy) is 2. The van der Waals surface area contributed by atoms with Crippen LogP contribution in [0, 0.1) is 0 Å². The molecule has 2 aromatic carbocycles. The number of benzene rings is 2. The van der Waals surface area contributed by atoms with E-state index < -0.39 is 6.61 Å². The lowest BCUT2D eigenvalue weighted by Gasteiger charge is -2.13. The number of hydrogen-bond acceptors (Lipinski definition) is 4. The third-order valence-electron chi connectivity index (χ3n) is 3.87. The molecule has 7 heteroatoms. The highest BCUT2D eigenvalue weighted by Crippen LogP contribution is 2.29. The van der Waals surface area contributed by atoms with Gasteiger partial charge in [0.1, 0.15) is 0 Å². The molecule has 0 aromatic heterocycles. The first-order valence-electron chi connectivity index (χ1n) is 8.54. The van der Waals surface area contributed by atoms with E-state index >= 15 is 0 Å². The number of methoxy groups -OCH3 is 1. The lowest BCUT2D eigenvalue weighted by atomic mass is 10.1. The van der Waals surface area contributed by atoms with Gasteiger partial charge < -0.3 is 14.8 Å². The normalized spacial score (nSPS) is 11.9. The Morgan fingerprint density at radius 3 is 2.52 bits per heavy atom. The van der Waals surface area contributed by atoms with E-state index in [1.165, 1.54) is 18.7 Å². The Morgan fingerprint density at radius 1 is 1.11 bits per heavy atom. The van der Waals surface area contributed by atoms with Gasteiger partial charge in [0.25, 0.3) is 0 Å². The molecule has 0 saturated heterocycles. The van der Waals surface area contributed by atoms with Crippen LogP contribution in [0.5, 0.6) is 11.5 Å². The molecule has 0 spiro atoms. The predicted octanol–water partition coefficient (Wildman–Crippen LogP) is 4.28. The van der Waals surface area contributed by atoms with Crippen molar-refractivity contribution in [2.45, 2.75) is 31.0 Å². The van der Waals surface area contributed by atoms with Crippen molar-refractivity contribution < 1.29 is 23.0 Å². The Kier molecular flexibility index (Phi) is 8.39.